The summed E-state index contributed by atoms with van der Waals surface area (Å²) in [5.41, 5.74) is 0.872. The first-order chi connectivity index (χ1) is 7.38. The van der Waals surface area contributed by atoms with Crippen molar-refractivity contribution < 1.29 is 4.74 Å². The summed E-state index contributed by atoms with van der Waals surface area (Å²) in [6.45, 7) is 9.58. The van der Waals surface area contributed by atoms with Crippen molar-refractivity contribution >= 4 is 0 Å². The van der Waals surface area contributed by atoms with Crippen molar-refractivity contribution in [1.82, 2.24) is 0 Å². The zero-order valence-electron chi connectivity index (χ0n) is 11.3. The predicted octanol–water partition coefficient (Wildman–Crippen LogP) is 4.16. The fourth-order valence-corrected chi connectivity index (χ4v) is 5.52. The summed E-state index contributed by atoms with van der Waals surface area (Å²) >= 11 is 0. The van der Waals surface area contributed by atoms with Crippen LogP contribution in [-0.4, -0.2) is 11.2 Å². The number of ether oxygens (including phenoxy) is 1. The number of rotatable bonds is 0. The maximum absolute atomic E-state index is 6.52. The van der Waals surface area contributed by atoms with Crippen LogP contribution in [0.2, 0.25) is 0 Å². The smallest absolute Gasteiger partial charge is 0.0698 e. The van der Waals surface area contributed by atoms with Gasteiger partial charge in [-0.2, -0.15) is 0 Å². The maximum atomic E-state index is 6.52. The summed E-state index contributed by atoms with van der Waals surface area (Å²) in [5.74, 6) is 1.62. The Hall–Kier alpha value is -0.0400. The van der Waals surface area contributed by atoms with E-state index in [1.165, 1.54) is 38.5 Å². The van der Waals surface area contributed by atoms with Gasteiger partial charge in [0.25, 0.3) is 0 Å². The van der Waals surface area contributed by atoms with Crippen LogP contribution in [0.3, 0.4) is 0 Å². The Morgan fingerprint density at radius 3 is 2.38 bits per heavy atom. The highest BCUT2D eigenvalue weighted by molar-refractivity contribution is 5.12. The molecule has 0 aromatic heterocycles. The Kier molecular flexibility index (Phi) is 2.11. The fraction of sp³-hybridized carbons (Fsp3) is 1.00. The van der Waals surface area contributed by atoms with Gasteiger partial charge in [-0.05, 0) is 63.7 Å². The topological polar surface area (TPSA) is 9.23 Å². The van der Waals surface area contributed by atoms with Gasteiger partial charge in [0.15, 0.2) is 0 Å². The minimum Gasteiger partial charge on any atom is -0.369 e. The summed E-state index contributed by atoms with van der Waals surface area (Å²) in [5, 5.41) is 0. The van der Waals surface area contributed by atoms with Crippen LogP contribution in [0, 0.1) is 17.3 Å². The lowest BCUT2D eigenvalue weighted by atomic mass is 9.51. The first kappa shape index (κ1) is 11.1. The van der Waals surface area contributed by atoms with Crippen molar-refractivity contribution in [2.24, 2.45) is 17.3 Å². The Labute approximate surface area is 99.9 Å². The van der Waals surface area contributed by atoms with Gasteiger partial charge in [0.05, 0.1) is 11.2 Å². The third kappa shape index (κ3) is 1.27. The third-order valence-corrected chi connectivity index (χ3v) is 5.88. The van der Waals surface area contributed by atoms with Crippen LogP contribution in [0.25, 0.3) is 0 Å². The highest BCUT2D eigenvalue weighted by Crippen LogP contribution is 2.64. The predicted molar refractivity (Wildman–Crippen MR) is 66.4 cm³/mol. The molecular formula is C15H26O. The molecule has 1 aliphatic heterocycles. The normalized spacial score (nSPS) is 54.8. The lowest BCUT2D eigenvalue weighted by Gasteiger charge is -2.52. The molecule has 1 nitrogen and oxygen atoms in total. The Balaban J connectivity index is 2.05. The van der Waals surface area contributed by atoms with Crippen molar-refractivity contribution in [3.63, 3.8) is 0 Å². The SMILES string of the molecule is CC1(C)O[C@]2(C)CCC[C@]3(C)CCC[C@H]1[C@@H]32. The minimum atomic E-state index is 0.117. The molecule has 2 saturated carbocycles. The molecule has 0 aromatic carbocycles. The second-order valence-corrected chi connectivity index (χ2v) is 7.50. The third-order valence-electron chi connectivity index (χ3n) is 5.88. The average molecular weight is 222 g/mol. The van der Waals surface area contributed by atoms with Crippen LogP contribution >= 0.6 is 0 Å². The molecule has 16 heavy (non-hydrogen) atoms. The van der Waals surface area contributed by atoms with Crippen molar-refractivity contribution in [3.05, 3.63) is 0 Å². The van der Waals surface area contributed by atoms with Gasteiger partial charge < -0.3 is 4.74 Å². The molecule has 0 radical (unpaired) electrons. The van der Waals surface area contributed by atoms with Gasteiger partial charge in [0, 0.05) is 0 Å². The van der Waals surface area contributed by atoms with E-state index >= 15 is 0 Å². The monoisotopic (exact) mass is 222 g/mol. The van der Waals surface area contributed by atoms with Crippen LogP contribution in [0.15, 0.2) is 0 Å². The molecular weight excluding hydrogens is 196 g/mol. The van der Waals surface area contributed by atoms with Gasteiger partial charge in [0.1, 0.15) is 0 Å². The van der Waals surface area contributed by atoms with E-state index in [1.54, 1.807) is 0 Å². The van der Waals surface area contributed by atoms with Crippen LogP contribution in [0.5, 0.6) is 0 Å². The van der Waals surface area contributed by atoms with E-state index in [2.05, 4.69) is 27.7 Å². The van der Waals surface area contributed by atoms with Crippen LogP contribution in [0.1, 0.15) is 66.2 Å². The van der Waals surface area contributed by atoms with Crippen LogP contribution in [0.4, 0.5) is 0 Å². The summed E-state index contributed by atoms with van der Waals surface area (Å²) in [7, 11) is 0. The van der Waals surface area contributed by atoms with Crippen molar-refractivity contribution in [3.8, 4) is 0 Å². The summed E-state index contributed by atoms with van der Waals surface area (Å²) in [6.07, 6.45) is 8.33. The fourth-order valence-electron chi connectivity index (χ4n) is 5.52. The van der Waals surface area contributed by atoms with E-state index in [-0.39, 0.29) is 11.2 Å². The number of hydrogen-bond acceptors (Lipinski definition) is 1. The summed E-state index contributed by atoms with van der Waals surface area (Å²) in [6, 6.07) is 0. The van der Waals surface area contributed by atoms with Gasteiger partial charge in [0.2, 0.25) is 0 Å². The molecule has 0 bridgehead atoms. The van der Waals surface area contributed by atoms with Gasteiger partial charge in [-0.3, -0.25) is 0 Å². The lowest BCUT2D eigenvalue weighted by molar-refractivity contribution is -0.121. The Morgan fingerprint density at radius 2 is 1.62 bits per heavy atom. The van der Waals surface area contributed by atoms with Crippen molar-refractivity contribution in [2.75, 3.05) is 0 Å². The second kappa shape index (κ2) is 3.04. The van der Waals surface area contributed by atoms with E-state index in [0.717, 1.165) is 11.8 Å². The Morgan fingerprint density at radius 1 is 0.938 bits per heavy atom. The minimum absolute atomic E-state index is 0.117. The molecule has 0 unspecified atom stereocenters. The quantitative estimate of drug-likeness (QED) is 0.598. The largest absolute Gasteiger partial charge is 0.369 e. The Bertz CT molecular complexity index is 305. The van der Waals surface area contributed by atoms with E-state index in [9.17, 15) is 0 Å². The van der Waals surface area contributed by atoms with E-state index in [0.29, 0.717) is 5.41 Å². The van der Waals surface area contributed by atoms with Crippen LogP contribution < -0.4 is 0 Å². The molecule has 4 atom stereocenters. The molecule has 3 rings (SSSR count). The molecule has 3 aliphatic rings. The molecule has 1 heteroatoms. The van der Waals surface area contributed by atoms with Gasteiger partial charge in [-0.25, -0.2) is 0 Å². The molecule has 0 spiro atoms. The average Bonchev–Trinajstić information content (AvgIpc) is 2.35. The van der Waals surface area contributed by atoms with E-state index in [4.69, 9.17) is 4.74 Å². The zero-order valence-corrected chi connectivity index (χ0v) is 11.3. The highest BCUT2D eigenvalue weighted by atomic mass is 16.5. The van der Waals surface area contributed by atoms with Gasteiger partial charge >= 0.3 is 0 Å². The molecule has 3 fully saturated rings. The lowest BCUT2D eigenvalue weighted by Crippen LogP contribution is -2.49. The maximum Gasteiger partial charge on any atom is 0.0698 e. The van der Waals surface area contributed by atoms with Crippen molar-refractivity contribution in [1.29, 1.82) is 0 Å². The van der Waals surface area contributed by atoms with E-state index in [1.807, 2.05) is 0 Å². The van der Waals surface area contributed by atoms with Gasteiger partial charge in [-0.1, -0.05) is 19.8 Å². The first-order valence-corrected chi connectivity index (χ1v) is 7.08. The van der Waals surface area contributed by atoms with E-state index < -0.39 is 0 Å². The standard InChI is InChI=1S/C15H26O/c1-13(2)11-7-5-8-14(3)9-6-10-15(4,16-13)12(11)14/h11-12H,5-10H2,1-4H3/t11-,12-,14-,15+/m0/s1. The first-order valence-electron chi connectivity index (χ1n) is 7.08. The van der Waals surface area contributed by atoms with Crippen molar-refractivity contribution in [2.45, 2.75) is 77.4 Å². The highest BCUT2D eigenvalue weighted by Gasteiger charge is 2.63. The van der Waals surface area contributed by atoms with Gasteiger partial charge in [-0.15, -0.1) is 0 Å². The number of hydrogen-bond donors (Lipinski definition) is 0. The summed E-state index contributed by atoms with van der Waals surface area (Å²) in [4.78, 5) is 0. The molecule has 1 saturated heterocycles. The molecule has 0 N–H and O–H groups in total. The molecule has 2 aliphatic carbocycles. The second-order valence-electron chi connectivity index (χ2n) is 7.50. The van der Waals surface area contributed by atoms with Crippen LogP contribution in [-0.2, 0) is 4.74 Å². The molecule has 0 aromatic rings. The molecule has 92 valence electrons. The molecule has 1 heterocycles. The summed E-state index contributed by atoms with van der Waals surface area (Å²) < 4.78 is 6.52. The molecule has 0 amide bonds. The zero-order chi connectivity index (χ0) is 11.6.